The van der Waals surface area contributed by atoms with Gasteiger partial charge in [-0.3, -0.25) is 4.79 Å². The number of ketones is 1. The summed E-state index contributed by atoms with van der Waals surface area (Å²) in [5, 5.41) is 0.210. The Balaban J connectivity index is 1.56. The highest BCUT2D eigenvalue weighted by molar-refractivity contribution is 6.32. The van der Waals surface area contributed by atoms with Crippen molar-refractivity contribution in [2.75, 3.05) is 0 Å². The molecule has 0 spiro atoms. The molecular weight excluding hydrogens is 379 g/mol. The molecule has 1 aliphatic rings. The molecule has 0 radical (unpaired) electrons. The fourth-order valence-electron chi connectivity index (χ4n) is 2.97. The van der Waals surface area contributed by atoms with Gasteiger partial charge in [0.2, 0.25) is 5.78 Å². The zero-order chi connectivity index (χ0) is 19.7. The first-order valence-electron chi connectivity index (χ1n) is 8.72. The molecule has 0 bridgehead atoms. The van der Waals surface area contributed by atoms with Crippen molar-refractivity contribution in [2.24, 2.45) is 0 Å². The van der Waals surface area contributed by atoms with Gasteiger partial charge in [0, 0.05) is 11.6 Å². The van der Waals surface area contributed by atoms with Gasteiger partial charge in [0.1, 0.15) is 23.9 Å². The lowest BCUT2D eigenvalue weighted by molar-refractivity contribution is 0.101. The van der Waals surface area contributed by atoms with Crippen molar-refractivity contribution in [2.45, 2.75) is 13.5 Å². The molecule has 5 heteroatoms. The van der Waals surface area contributed by atoms with E-state index in [1.54, 1.807) is 24.3 Å². The fourth-order valence-corrected chi connectivity index (χ4v) is 3.19. The Morgan fingerprint density at radius 3 is 2.71 bits per heavy atom. The summed E-state index contributed by atoms with van der Waals surface area (Å²) in [5.74, 6) is 0.151. The second-order valence-corrected chi connectivity index (χ2v) is 6.86. The summed E-state index contributed by atoms with van der Waals surface area (Å²) in [6.45, 7) is 2.43. The molecular formula is C23H16ClFO3. The molecule has 0 saturated heterocycles. The molecule has 0 atom stereocenters. The van der Waals surface area contributed by atoms with Crippen molar-refractivity contribution in [3.8, 4) is 11.5 Å². The van der Waals surface area contributed by atoms with Gasteiger partial charge in [-0.2, -0.15) is 0 Å². The second kappa shape index (κ2) is 7.49. The van der Waals surface area contributed by atoms with Crippen LogP contribution in [0, 0.1) is 12.7 Å². The maximum atomic E-state index is 14.0. The summed E-state index contributed by atoms with van der Waals surface area (Å²) in [5.41, 5.74) is 2.75. The Hall–Kier alpha value is -3.11. The van der Waals surface area contributed by atoms with Crippen LogP contribution in [0.5, 0.6) is 11.5 Å². The highest BCUT2D eigenvalue weighted by atomic mass is 35.5. The van der Waals surface area contributed by atoms with Gasteiger partial charge in [0.15, 0.2) is 5.76 Å². The van der Waals surface area contributed by atoms with E-state index < -0.39 is 5.82 Å². The van der Waals surface area contributed by atoms with Crippen molar-refractivity contribution >= 4 is 23.5 Å². The number of aryl methyl sites for hydroxylation is 1. The van der Waals surface area contributed by atoms with Crippen LogP contribution in [-0.4, -0.2) is 5.78 Å². The molecule has 3 aromatic carbocycles. The molecule has 0 fully saturated rings. The third kappa shape index (κ3) is 3.51. The lowest BCUT2D eigenvalue weighted by atomic mass is 10.1. The van der Waals surface area contributed by atoms with Gasteiger partial charge in [-0.05, 0) is 48.4 Å². The molecule has 3 nitrogen and oxygen atoms in total. The average Bonchev–Trinajstić information content (AvgIpc) is 2.99. The van der Waals surface area contributed by atoms with E-state index in [1.165, 1.54) is 18.2 Å². The van der Waals surface area contributed by atoms with Crippen LogP contribution in [0.4, 0.5) is 4.39 Å². The Labute approximate surface area is 167 Å². The smallest absolute Gasteiger partial charge is 0.231 e. The minimum atomic E-state index is -0.519. The van der Waals surface area contributed by atoms with E-state index in [0.717, 1.165) is 11.1 Å². The number of hydrogen-bond donors (Lipinski definition) is 0. The zero-order valence-electron chi connectivity index (χ0n) is 15.0. The second-order valence-electron chi connectivity index (χ2n) is 6.45. The first-order chi connectivity index (χ1) is 13.5. The molecule has 0 saturated carbocycles. The number of ether oxygens (including phenoxy) is 2. The number of fused-ring (bicyclic) bond motifs is 1. The monoisotopic (exact) mass is 394 g/mol. The number of hydrogen-bond acceptors (Lipinski definition) is 3. The first kappa shape index (κ1) is 18.3. The van der Waals surface area contributed by atoms with Crippen molar-refractivity contribution in [3.63, 3.8) is 0 Å². The molecule has 0 amide bonds. The molecule has 0 unspecified atom stereocenters. The van der Waals surface area contributed by atoms with Gasteiger partial charge in [-0.1, -0.05) is 41.9 Å². The van der Waals surface area contributed by atoms with Crippen LogP contribution in [0.1, 0.15) is 27.0 Å². The number of halogens is 2. The summed E-state index contributed by atoms with van der Waals surface area (Å²) >= 11 is 6.03. The summed E-state index contributed by atoms with van der Waals surface area (Å²) in [4.78, 5) is 12.6. The van der Waals surface area contributed by atoms with Gasteiger partial charge in [-0.25, -0.2) is 4.39 Å². The number of Topliss-reactive ketones (excluding diaryl/α,β-unsaturated/α-hetero) is 1. The van der Waals surface area contributed by atoms with Crippen LogP contribution in [0.3, 0.4) is 0 Å². The van der Waals surface area contributed by atoms with E-state index in [0.29, 0.717) is 23.7 Å². The molecule has 0 aromatic heterocycles. The Bertz CT molecular complexity index is 1080. The molecule has 3 aromatic rings. The molecule has 0 N–H and O–H groups in total. The molecule has 4 rings (SSSR count). The van der Waals surface area contributed by atoms with Crippen LogP contribution < -0.4 is 9.47 Å². The summed E-state index contributed by atoms with van der Waals surface area (Å²) in [6.07, 6.45) is 1.33. The van der Waals surface area contributed by atoms with Gasteiger partial charge >= 0.3 is 0 Å². The maximum absolute atomic E-state index is 14.0. The maximum Gasteiger partial charge on any atom is 0.231 e. The van der Waals surface area contributed by atoms with Gasteiger partial charge < -0.3 is 9.47 Å². The van der Waals surface area contributed by atoms with E-state index in [1.807, 2.05) is 31.2 Å². The van der Waals surface area contributed by atoms with E-state index >= 15 is 0 Å². The van der Waals surface area contributed by atoms with Gasteiger partial charge in [-0.15, -0.1) is 0 Å². The van der Waals surface area contributed by atoms with Crippen LogP contribution in [-0.2, 0) is 6.61 Å². The molecule has 1 heterocycles. The molecule has 28 heavy (non-hydrogen) atoms. The highest BCUT2D eigenvalue weighted by Gasteiger charge is 2.28. The van der Waals surface area contributed by atoms with Crippen LogP contribution >= 0.6 is 11.6 Å². The van der Waals surface area contributed by atoms with Gasteiger partial charge in [0.05, 0.1) is 10.6 Å². The quantitative estimate of drug-likeness (QED) is 0.510. The predicted octanol–water partition coefficient (Wildman–Crippen LogP) is 5.98. The van der Waals surface area contributed by atoms with E-state index in [4.69, 9.17) is 21.1 Å². The largest absolute Gasteiger partial charge is 0.489 e. The first-order valence-corrected chi connectivity index (χ1v) is 9.10. The number of carbonyl (C=O) groups excluding carboxylic acids is 1. The fraction of sp³-hybridized carbons (Fsp3) is 0.0870. The highest BCUT2D eigenvalue weighted by Crippen LogP contribution is 2.36. The third-order valence-electron chi connectivity index (χ3n) is 4.57. The van der Waals surface area contributed by atoms with E-state index in [9.17, 15) is 9.18 Å². The minimum Gasteiger partial charge on any atom is -0.489 e. The zero-order valence-corrected chi connectivity index (χ0v) is 15.8. The minimum absolute atomic E-state index is 0.0260. The topological polar surface area (TPSA) is 35.5 Å². The standard InChI is InChI=1S/C23H16ClFO3/c1-14-5-2-3-6-15(14)13-27-16-9-10-17-21(11-16)28-22(23(17)26)12-18-19(24)7-4-8-20(18)25/h2-12H,13H2,1H3/b22-12+. The lowest BCUT2D eigenvalue weighted by Crippen LogP contribution is -1.99. The SMILES string of the molecule is Cc1ccccc1COc1ccc2c(c1)O/C(=C/c1c(F)cccc1Cl)C2=O. The van der Waals surface area contributed by atoms with Crippen LogP contribution in [0.2, 0.25) is 5.02 Å². The van der Waals surface area contributed by atoms with Crippen molar-refractivity contribution < 1.29 is 18.7 Å². The molecule has 1 aliphatic heterocycles. The number of carbonyl (C=O) groups is 1. The number of benzene rings is 3. The van der Waals surface area contributed by atoms with E-state index in [2.05, 4.69) is 0 Å². The number of allylic oxidation sites excluding steroid dienone is 1. The summed E-state index contributed by atoms with van der Waals surface area (Å²) < 4.78 is 25.5. The summed E-state index contributed by atoms with van der Waals surface area (Å²) in [7, 11) is 0. The molecule has 0 aliphatic carbocycles. The van der Waals surface area contributed by atoms with Crippen molar-refractivity contribution in [1.29, 1.82) is 0 Å². The third-order valence-corrected chi connectivity index (χ3v) is 4.90. The predicted molar refractivity (Wildman–Crippen MR) is 106 cm³/mol. The van der Waals surface area contributed by atoms with Crippen molar-refractivity contribution in [3.05, 3.63) is 99.5 Å². The van der Waals surface area contributed by atoms with Crippen LogP contribution in [0.25, 0.3) is 6.08 Å². The Morgan fingerprint density at radius 2 is 1.93 bits per heavy atom. The van der Waals surface area contributed by atoms with Gasteiger partial charge in [0.25, 0.3) is 0 Å². The van der Waals surface area contributed by atoms with E-state index in [-0.39, 0.29) is 22.1 Å². The lowest BCUT2D eigenvalue weighted by Gasteiger charge is -2.09. The Kier molecular flexibility index (Phi) is 4.88. The number of rotatable bonds is 4. The normalized spacial score (nSPS) is 14.1. The van der Waals surface area contributed by atoms with Crippen molar-refractivity contribution in [1.82, 2.24) is 0 Å². The average molecular weight is 395 g/mol. The van der Waals surface area contributed by atoms with Crippen LogP contribution in [0.15, 0.2) is 66.4 Å². The molecule has 140 valence electrons. The summed E-state index contributed by atoms with van der Waals surface area (Å²) in [6, 6.07) is 17.3. The Morgan fingerprint density at radius 1 is 1.11 bits per heavy atom.